The molecule has 0 aliphatic carbocycles. The Kier molecular flexibility index (Phi) is 5.36. The van der Waals surface area contributed by atoms with Crippen LogP contribution in [0.1, 0.15) is 27.9 Å². The maximum absolute atomic E-state index is 12.0. The minimum absolute atomic E-state index is 0.0447. The van der Waals surface area contributed by atoms with Gasteiger partial charge in [0.25, 0.3) is 5.91 Å². The molecule has 2 aromatic rings. The molecule has 0 bridgehead atoms. The van der Waals surface area contributed by atoms with Crippen molar-refractivity contribution in [3.63, 3.8) is 0 Å². The molecular weight excluding hydrogens is 276 g/mol. The van der Waals surface area contributed by atoms with E-state index in [1.54, 1.807) is 6.20 Å². The van der Waals surface area contributed by atoms with Crippen molar-refractivity contribution in [2.24, 2.45) is 0 Å². The topological polar surface area (TPSA) is 80.0 Å². The van der Waals surface area contributed by atoms with Crippen LogP contribution >= 0.6 is 0 Å². The largest absolute Gasteiger partial charge is 0.396 e. The number of anilines is 2. The van der Waals surface area contributed by atoms with Crippen molar-refractivity contribution in [2.75, 3.05) is 24.1 Å². The average molecular weight is 298 g/mol. The van der Waals surface area contributed by atoms with Gasteiger partial charge in [0.15, 0.2) is 0 Å². The molecule has 0 saturated heterocycles. The predicted molar refractivity (Wildman–Crippen MR) is 90.0 cm³/mol. The molecule has 1 amide bonds. The summed E-state index contributed by atoms with van der Waals surface area (Å²) in [6.07, 6.45) is 2.57. The Hall–Kier alpha value is -2.56. The van der Waals surface area contributed by atoms with Crippen LogP contribution in [-0.2, 0) is 0 Å². The number of carbonyl (C=O) groups excluding carboxylic acids is 1. The van der Waals surface area contributed by atoms with Gasteiger partial charge in [-0.1, -0.05) is 17.7 Å². The summed E-state index contributed by atoms with van der Waals surface area (Å²) in [4.78, 5) is 16.2. The molecule has 5 heteroatoms. The van der Waals surface area contributed by atoms with E-state index in [0.29, 0.717) is 30.2 Å². The summed E-state index contributed by atoms with van der Waals surface area (Å²) >= 11 is 0. The van der Waals surface area contributed by atoms with Gasteiger partial charge in [0.1, 0.15) is 5.82 Å². The van der Waals surface area contributed by atoms with Gasteiger partial charge in [0.05, 0.1) is 5.69 Å². The number of nitrogens with two attached hydrogens (primary N) is 1. The molecule has 0 saturated carbocycles. The molecular formula is C17H22N4O. The van der Waals surface area contributed by atoms with E-state index in [1.165, 1.54) is 0 Å². The summed E-state index contributed by atoms with van der Waals surface area (Å²) in [5.41, 5.74) is 9.33. The monoisotopic (exact) mass is 298 g/mol. The summed E-state index contributed by atoms with van der Waals surface area (Å²) in [7, 11) is 0. The van der Waals surface area contributed by atoms with E-state index in [2.05, 4.69) is 15.6 Å². The summed E-state index contributed by atoms with van der Waals surface area (Å²) in [5.74, 6) is 0.646. The van der Waals surface area contributed by atoms with Gasteiger partial charge in [-0.25, -0.2) is 4.98 Å². The highest BCUT2D eigenvalue weighted by molar-refractivity contribution is 5.94. The SMILES string of the molecule is Cc1cccc(C(=O)NCCCNc2ncc(C)cc2N)c1. The lowest BCUT2D eigenvalue weighted by Gasteiger charge is -2.09. The van der Waals surface area contributed by atoms with Crippen molar-refractivity contribution >= 4 is 17.4 Å². The summed E-state index contributed by atoms with van der Waals surface area (Å²) < 4.78 is 0. The van der Waals surface area contributed by atoms with E-state index < -0.39 is 0 Å². The first-order valence-electron chi connectivity index (χ1n) is 7.37. The van der Waals surface area contributed by atoms with Crippen molar-refractivity contribution in [2.45, 2.75) is 20.3 Å². The van der Waals surface area contributed by atoms with Crippen molar-refractivity contribution in [1.29, 1.82) is 0 Å². The number of amides is 1. The van der Waals surface area contributed by atoms with Crippen LogP contribution in [0, 0.1) is 13.8 Å². The molecule has 0 fully saturated rings. The Morgan fingerprint density at radius 2 is 2.00 bits per heavy atom. The van der Waals surface area contributed by atoms with Crippen molar-refractivity contribution < 1.29 is 4.79 Å². The third-order valence-corrected chi connectivity index (χ3v) is 3.27. The van der Waals surface area contributed by atoms with E-state index in [0.717, 1.165) is 17.5 Å². The maximum Gasteiger partial charge on any atom is 0.251 e. The van der Waals surface area contributed by atoms with Gasteiger partial charge in [-0.05, 0) is 44.0 Å². The molecule has 5 nitrogen and oxygen atoms in total. The Balaban J connectivity index is 1.72. The number of aromatic nitrogens is 1. The Morgan fingerprint density at radius 3 is 2.73 bits per heavy atom. The molecule has 0 aliphatic heterocycles. The number of rotatable bonds is 6. The van der Waals surface area contributed by atoms with Crippen molar-refractivity contribution in [1.82, 2.24) is 10.3 Å². The molecule has 22 heavy (non-hydrogen) atoms. The fraction of sp³-hybridized carbons (Fsp3) is 0.294. The molecule has 1 aromatic heterocycles. The minimum Gasteiger partial charge on any atom is -0.396 e. The molecule has 0 unspecified atom stereocenters. The van der Waals surface area contributed by atoms with E-state index >= 15 is 0 Å². The molecule has 1 aromatic carbocycles. The van der Waals surface area contributed by atoms with Crippen LogP contribution in [0.15, 0.2) is 36.5 Å². The second kappa shape index (κ2) is 7.45. The van der Waals surface area contributed by atoms with Crippen LogP contribution in [0.3, 0.4) is 0 Å². The van der Waals surface area contributed by atoms with Crippen LogP contribution in [0.4, 0.5) is 11.5 Å². The second-order valence-corrected chi connectivity index (χ2v) is 5.36. The Labute approximate surface area is 130 Å². The van der Waals surface area contributed by atoms with Crippen molar-refractivity contribution in [3.8, 4) is 0 Å². The highest BCUT2D eigenvalue weighted by Gasteiger charge is 2.04. The van der Waals surface area contributed by atoms with E-state index in [-0.39, 0.29) is 5.91 Å². The molecule has 4 N–H and O–H groups in total. The van der Waals surface area contributed by atoms with Crippen LogP contribution < -0.4 is 16.4 Å². The van der Waals surface area contributed by atoms with E-state index in [4.69, 9.17) is 5.73 Å². The quantitative estimate of drug-likeness (QED) is 0.716. The first-order valence-corrected chi connectivity index (χ1v) is 7.37. The van der Waals surface area contributed by atoms with Crippen molar-refractivity contribution in [3.05, 3.63) is 53.2 Å². The third kappa shape index (κ3) is 4.48. The van der Waals surface area contributed by atoms with Crippen LogP contribution in [-0.4, -0.2) is 24.0 Å². The number of carbonyl (C=O) groups is 1. The number of nitrogens with one attached hydrogen (secondary N) is 2. The standard InChI is InChI=1S/C17H22N4O/c1-12-5-3-6-14(9-12)17(22)20-8-4-7-19-16-15(18)10-13(2)11-21-16/h3,5-6,9-11H,4,7-8,18H2,1-2H3,(H,19,21)(H,20,22). The number of hydrogen-bond donors (Lipinski definition) is 3. The zero-order valence-corrected chi connectivity index (χ0v) is 13.0. The lowest BCUT2D eigenvalue weighted by Crippen LogP contribution is -2.26. The number of nitrogens with zero attached hydrogens (tertiary/aromatic N) is 1. The van der Waals surface area contributed by atoms with Gasteiger partial charge < -0.3 is 16.4 Å². The van der Waals surface area contributed by atoms with Crippen LogP contribution in [0.5, 0.6) is 0 Å². The van der Waals surface area contributed by atoms with Gasteiger partial charge in [-0.3, -0.25) is 4.79 Å². The molecule has 2 rings (SSSR count). The van der Waals surface area contributed by atoms with Gasteiger partial charge in [-0.2, -0.15) is 0 Å². The summed E-state index contributed by atoms with van der Waals surface area (Å²) in [6, 6.07) is 9.44. The number of pyridine rings is 1. The first-order chi connectivity index (χ1) is 10.6. The first kappa shape index (κ1) is 15.8. The Bertz CT molecular complexity index is 655. The highest BCUT2D eigenvalue weighted by atomic mass is 16.1. The zero-order valence-electron chi connectivity index (χ0n) is 13.0. The van der Waals surface area contributed by atoms with E-state index in [9.17, 15) is 4.79 Å². The molecule has 0 atom stereocenters. The molecule has 0 spiro atoms. The Morgan fingerprint density at radius 1 is 1.18 bits per heavy atom. The smallest absolute Gasteiger partial charge is 0.251 e. The zero-order chi connectivity index (χ0) is 15.9. The van der Waals surface area contributed by atoms with Gasteiger partial charge in [-0.15, -0.1) is 0 Å². The molecule has 1 heterocycles. The number of aryl methyl sites for hydroxylation is 2. The van der Waals surface area contributed by atoms with Gasteiger partial charge in [0, 0.05) is 24.8 Å². The average Bonchev–Trinajstić information content (AvgIpc) is 2.48. The predicted octanol–water partition coefficient (Wildman–Crippen LogP) is 2.51. The number of nitrogen functional groups attached to an aromatic ring is 1. The molecule has 0 radical (unpaired) electrons. The maximum atomic E-state index is 12.0. The third-order valence-electron chi connectivity index (χ3n) is 3.27. The fourth-order valence-electron chi connectivity index (χ4n) is 2.12. The van der Waals surface area contributed by atoms with Crippen LogP contribution in [0.2, 0.25) is 0 Å². The minimum atomic E-state index is -0.0447. The van der Waals surface area contributed by atoms with E-state index in [1.807, 2.05) is 44.2 Å². The van der Waals surface area contributed by atoms with Gasteiger partial charge in [0.2, 0.25) is 0 Å². The summed E-state index contributed by atoms with van der Waals surface area (Å²) in [5, 5.41) is 6.08. The highest BCUT2D eigenvalue weighted by Crippen LogP contribution is 2.15. The number of benzene rings is 1. The van der Waals surface area contributed by atoms with Crippen LogP contribution in [0.25, 0.3) is 0 Å². The number of hydrogen-bond acceptors (Lipinski definition) is 4. The normalized spacial score (nSPS) is 10.3. The summed E-state index contributed by atoms with van der Waals surface area (Å²) in [6.45, 7) is 5.23. The van der Waals surface area contributed by atoms with Gasteiger partial charge >= 0.3 is 0 Å². The molecule has 116 valence electrons. The molecule has 0 aliphatic rings. The lowest BCUT2D eigenvalue weighted by molar-refractivity contribution is 0.0953. The second-order valence-electron chi connectivity index (χ2n) is 5.36. The lowest BCUT2D eigenvalue weighted by atomic mass is 10.1. The fourth-order valence-corrected chi connectivity index (χ4v) is 2.12.